The van der Waals surface area contributed by atoms with Gasteiger partial charge in [-0.15, -0.1) is 0 Å². The normalized spacial score (nSPS) is 11.9. The van der Waals surface area contributed by atoms with Crippen molar-refractivity contribution in [3.63, 3.8) is 0 Å². The van der Waals surface area contributed by atoms with Crippen molar-refractivity contribution in [2.24, 2.45) is 0 Å². The Morgan fingerprint density at radius 3 is 2.53 bits per heavy atom. The lowest BCUT2D eigenvalue weighted by Gasteiger charge is -2.19. The van der Waals surface area contributed by atoms with Crippen LogP contribution in [0.4, 0.5) is 4.39 Å². The van der Waals surface area contributed by atoms with Crippen molar-refractivity contribution in [3.05, 3.63) is 54.2 Å². The first-order valence-electron chi connectivity index (χ1n) is 5.82. The molecule has 0 unspecified atom stereocenters. The van der Waals surface area contributed by atoms with Gasteiger partial charge in [0.2, 0.25) is 10.0 Å². The molecule has 1 aromatic carbocycles. The monoisotopic (exact) mass is 283 g/mol. The summed E-state index contributed by atoms with van der Waals surface area (Å²) in [5.41, 5.74) is 0. The molecule has 102 valence electrons. The van der Waals surface area contributed by atoms with Gasteiger partial charge in [0.05, 0.1) is 12.8 Å². The molecule has 2 rings (SSSR count). The van der Waals surface area contributed by atoms with E-state index in [9.17, 15) is 12.8 Å². The minimum Gasteiger partial charge on any atom is -0.468 e. The Morgan fingerprint density at radius 1 is 1.21 bits per heavy atom. The van der Waals surface area contributed by atoms with Crippen LogP contribution in [0.25, 0.3) is 0 Å². The summed E-state index contributed by atoms with van der Waals surface area (Å²) in [7, 11) is -3.86. The second kappa shape index (κ2) is 5.54. The third kappa shape index (κ3) is 2.85. The summed E-state index contributed by atoms with van der Waals surface area (Å²) in [6, 6.07) is 8.70. The van der Waals surface area contributed by atoms with Gasteiger partial charge in [0, 0.05) is 6.54 Å². The summed E-state index contributed by atoms with van der Waals surface area (Å²) in [6.45, 7) is 2.01. The van der Waals surface area contributed by atoms with Gasteiger partial charge in [-0.3, -0.25) is 0 Å². The SMILES string of the molecule is CCN(Cc1ccco1)S(=O)(=O)c1ccccc1F. The summed E-state index contributed by atoms with van der Waals surface area (Å²) in [5, 5.41) is 0. The molecule has 2 aromatic rings. The molecule has 0 amide bonds. The minimum absolute atomic E-state index is 0.0835. The van der Waals surface area contributed by atoms with Crippen LogP contribution in [0.15, 0.2) is 52.0 Å². The van der Waals surface area contributed by atoms with Gasteiger partial charge in [-0.2, -0.15) is 4.31 Å². The number of halogens is 1. The Hall–Kier alpha value is -1.66. The van der Waals surface area contributed by atoms with Gasteiger partial charge in [0.15, 0.2) is 0 Å². The molecule has 1 heterocycles. The lowest BCUT2D eigenvalue weighted by Crippen LogP contribution is -2.30. The molecule has 0 radical (unpaired) electrons. The van der Waals surface area contributed by atoms with Crippen LogP contribution < -0.4 is 0 Å². The first kappa shape index (κ1) is 13.8. The number of sulfonamides is 1. The maximum absolute atomic E-state index is 13.6. The summed E-state index contributed by atoms with van der Waals surface area (Å²) >= 11 is 0. The summed E-state index contributed by atoms with van der Waals surface area (Å²) < 4.78 is 44.6. The van der Waals surface area contributed by atoms with Crippen LogP contribution in [-0.2, 0) is 16.6 Å². The second-order valence-electron chi connectivity index (χ2n) is 3.94. The molecule has 6 heteroatoms. The number of hydrogen-bond donors (Lipinski definition) is 0. The molecule has 19 heavy (non-hydrogen) atoms. The molecule has 0 aliphatic carbocycles. The molecule has 0 bridgehead atoms. The van der Waals surface area contributed by atoms with Crippen molar-refractivity contribution in [2.45, 2.75) is 18.4 Å². The van der Waals surface area contributed by atoms with Gasteiger partial charge in [-0.05, 0) is 24.3 Å². The highest BCUT2D eigenvalue weighted by Gasteiger charge is 2.26. The maximum Gasteiger partial charge on any atom is 0.246 e. The molecule has 1 aromatic heterocycles. The highest BCUT2D eigenvalue weighted by molar-refractivity contribution is 7.89. The van der Waals surface area contributed by atoms with Gasteiger partial charge >= 0.3 is 0 Å². The van der Waals surface area contributed by atoms with Gasteiger partial charge < -0.3 is 4.42 Å². The molecule has 0 saturated heterocycles. The van der Waals surface area contributed by atoms with Gasteiger partial charge in [0.25, 0.3) is 0 Å². The number of furan rings is 1. The number of rotatable bonds is 5. The van der Waals surface area contributed by atoms with Crippen LogP contribution in [0.1, 0.15) is 12.7 Å². The zero-order chi connectivity index (χ0) is 13.9. The lowest BCUT2D eigenvalue weighted by molar-refractivity contribution is 0.373. The number of hydrogen-bond acceptors (Lipinski definition) is 3. The first-order valence-corrected chi connectivity index (χ1v) is 7.26. The average Bonchev–Trinajstić information content (AvgIpc) is 2.89. The molecule has 0 fully saturated rings. The molecular formula is C13H14FNO3S. The fourth-order valence-corrected chi connectivity index (χ4v) is 3.22. The zero-order valence-corrected chi connectivity index (χ0v) is 11.2. The molecular weight excluding hydrogens is 269 g/mol. The Morgan fingerprint density at radius 2 is 1.95 bits per heavy atom. The van der Waals surface area contributed by atoms with Crippen molar-refractivity contribution in [1.82, 2.24) is 4.31 Å². The fraction of sp³-hybridized carbons (Fsp3) is 0.231. The van der Waals surface area contributed by atoms with Crippen molar-refractivity contribution in [3.8, 4) is 0 Å². The summed E-state index contributed by atoms with van der Waals surface area (Å²) in [4.78, 5) is -0.316. The summed E-state index contributed by atoms with van der Waals surface area (Å²) in [6.07, 6.45) is 1.47. The van der Waals surface area contributed by atoms with E-state index in [1.54, 1.807) is 19.1 Å². The second-order valence-corrected chi connectivity index (χ2v) is 5.85. The van der Waals surface area contributed by atoms with Crippen molar-refractivity contribution >= 4 is 10.0 Å². The topological polar surface area (TPSA) is 50.5 Å². The van der Waals surface area contributed by atoms with E-state index >= 15 is 0 Å². The molecule has 0 saturated carbocycles. The van der Waals surface area contributed by atoms with Gasteiger partial charge in [0.1, 0.15) is 16.5 Å². The quantitative estimate of drug-likeness (QED) is 0.847. The standard InChI is InChI=1S/C13H14FNO3S/c1-2-15(10-11-6-5-9-18-11)19(16,17)13-8-4-3-7-12(13)14/h3-9H,2,10H2,1H3. The van der Waals surface area contributed by atoms with Crippen molar-refractivity contribution in [2.75, 3.05) is 6.54 Å². The molecule has 0 aliphatic rings. The fourth-order valence-electron chi connectivity index (χ4n) is 1.74. The molecule has 0 N–H and O–H groups in total. The predicted molar refractivity (Wildman–Crippen MR) is 68.4 cm³/mol. The van der Waals surface area contributed by atoms with E-state index in [2.05, 4.69) is 0 Å². The van der Waals surface area contributed by atoms with E-state index in [1.807, 2.05) is 0 Å². The van der Waals surface area contributed by atoms with Crippen LogP contribution in [0.2, 0.25) is 0 Å². The third-order valence-corrected chi connectivity index (χ3v) is 4.67. The lowest BCUT2D eigenvalue weighted by atomic mass is 10.3. The smallest absolute Gasteiger partial charge is 0.246 e. The zero-order valence-electron chi connectivity index (χ0n) is 10.4. The van der Waals surface area contributed by atoms with Crippen molar-refractivity contribution < 1.29 is 17.2 Å². The average molecular weight is 283 g/mol. The van der Waals surface area contributed by atoms with E-state index in [1.165, 1.54) is 28.8 Å². The van der Waals surface area contributed by atoms with E-state index in [-0.39, 0.29) is 18.0 Å². The molecule has 0 aliphatic heterocycles. The van der Waals surface area contributed by atoms with E-state index in [0.29, 0.717) is 5.76 Å². The Bertz CT molecular complexity index is 638. The number of benzene rings is 1. The van der Waals surface area contributed by atoms with Gasteiger partial charge in [-0.25, -0.2) is 12.8 Å². The van der Waals surface area contributed by atoms with Crippen LogP contribution in [0, 0.1) is 5.82 Å². The van der Waals surface area contributed by atoms with E-state index in [0.717, 1.165) is 6.07 Å². The number of nitrogens with zero attached hydrogens (tertiary/aromatic N) is 1. The van der Waals surface area contributed by atoms with Gasteiger partial charge in [-0.1, -0.05) is 19.1 Å². The van der Waals surface area contributed by atoms with Crippen LogP contribution in [0.5, 0.6) is 0 Å². The first-order chi connectivity index (χ1) is 9.05. The van der Waals surface area contributed by atoms with Crippen molar-refractivity contribution in [1.29, 1.82) is 0 Å². The Balaban J connectivity index is 2.34. The summed E-state index contributed by atoms with van der Waals surface area (Å²) in [5.74, 6) is -0.234. The van der Waals surface area contributed by atoms with E-state index < -0.39 is 15.8 Å². The highest BCUT2D eigenvalue weighted by Crippen LogP contribution is 2.20. The van der Waals surface area contributed by atoms with E-state index in [4.69, 9.17) is 4.42 Å². The maximum atomic E-state index is 13.6. The molecule has 0 spiro atoms. The molecule has 0 atom stereocenters. The predicted octanol–water partition coefficient (Wildman–Crippen LogP) is 2.63. The van der Waals surface area contributed by atoms with Crippen LogP contribution in [0.3, 0.4) is 0 Å². The Labute approximate surface area is 111 Å². The highest BCUT2D eigenvalue weighted by atomic mass is 32.2. The third-order valence-electron chi connectivity index (χ3n) is 2.72. The Kier molecular flexibility index (Phi) is 4.01. The van der Waals surface area contributed by atoms with Crippen LogP contribution >= 0.6 is 0 Å². The molecule has 4 nitrogen and oxygen atoms in total. The van der Waals surface area contributed by atoms with Crippen LogP contribution in [-0.4, -0.2) is 19.3 Å². The largest absolute Gasteiger partial charge is 0.468 e. The minimum atomic E-state index is -3.86.